The summed E-state index contributed by atoms with van der Waals surface area (Å²) in [4.78, 5) is 23.1. The molecule has 0 spiro atoms. The van der Waals surface area contributed by atoms with Crippen molar-refractivity contribution in [1.29, 1.82) is 0 Å². The number of carbonyl (C=O) groups excluding carboxylic acids is 1. The first-order chi connectivity index (χ1) is 14.6. The Bertz CT molecular complexity index is 1250. The zero-order valence-electron chi connectivity index (χ0n) is 16.5. The number of halogens is 1. The second-order valence-electron chi connectivity index (χ2n) is 7.43. The van der Waals surface area contributed by atoms with Gasteiger partial charge < -0.3 is 14.6 Å². The lowest BCUT2D eigenvalue weighted by Crippen LogP contribution is -2.36. The van der Waals surface area contributed by atoms with Gasteiger partial charge in [-0.1, -0.05) is 11.6 Å². The van der Waals surface area contributed by atoms with Crippen LogP contribution in [0.4, 0.5) is 0 Å². The number of methoxy groups -OCH3 is 1. The van der Waals surface area contributed by atoms with Crippen LogP contribution >= 0.6 is 22.9 Å². The lowest BCUT2D eigenvalue weighted by Gasteiger charge is -2.31. The van der Waals surface area contributed by atoms with Crippen LogP contribution in [-0.4, -0.2) is 45.4 Å². The third-order valence-corrected chi connectivity index (χ3v) is 6.84. The number of aromatic nitrogens is 3. The molecule has 4 aromatic rings. The molecule has 1 N–H and O–H groups in total. The summed E-state index contributed by atoms with van der Waals surface area (Å²) in [5.74, 6) is 1.29. The number of rotatable bonds is 4. The van der Waals surface area contributed by atoms with Gasteiger partial charge in [0.05, 0.1) is 12.8 Å². The minimum absolute atomic E-state index is 0.00953. The van der Waals surface area contributed by atoms with Gasteiger partial charge in [-0.2, -0.15) is 0 Å². The molecule has 3 aromatic heterocycles. The van der Waals surface area contributed by atoms with E-state index in [1.54, 1.807) is 19.3 Å². The summed E-state index contributed by atoms with van der Waals surface area (Å²) in [6, 6.07) is 6.10. The summed E-state index contributed by atoms with van der Waals surface area (Å²) < 4.78 is 7.28. The third-order valence-electron chi connectivity index (χ3n) is 5.81. The van der Waals surface area contributed by atoms with Crippen molar-refractivity contribution in [1.82, 2.24) is 19.3 Å². The molecule has 0 atom stereocenters. The number of benzene rings is 1. The smallest absolute Gasteiger partial charge is 0.246 e. The van der Waals surface area contributed by atoms with E-state index in [0.29, 0.717) is 11.1 Å². The van der Waals surface area contributed by atoms with E-state index in [9.17, 15) is 4.79 Å². The van der Waals surface area contributed by atoms with E-state index in [2.05, 4.69) is 22.2 Å². The van der Waals surface area contributed by atoms with Crippen molar-refractivity contribution in [3.05, 3.63) is 58.5 Å². The maximum Gasteiger partial charge on any atom is 0.246 e. The molecule has 0 aliphatic carbocycles. The molecule has 30 heavy (non-hydrogen) atoms. The summed E-state index contributed by atoms with van der Waals surface area (Å²) in [6.45, 7) is 1.47. The first-order valence-corrected chi connectivity index (χ1v) is 11.1. The summed E-state index contributed by atoms with van der Waals surface area (Å²) in [5, 5.41) is 3.57. The molecule has 5 rings (SSSR count). The number of nitrogens with zero attached hydrogens (tertiary/aromatic N) is 3. The summed E-state index contributed by atoms with van der Waals surface area (Å²) in [7, 11) is 1.69. The Morgan fingerprint density at radius 3 is 3.00 bits per heavy atom. The topological polar surface area (TPSA) is 62.6 Å². The number of imidazole rings is 1. The largest absolute Gasteiger partial charge is 0.497 e. The van der Waals surface area contributed by atoms with Crippen molar-refractivity contribution in [3.63, 3.8) is 0 Å². The number of ether oxygens (including phenoxy) is 1. The zero-order chi connectivity index (χ0) is 20.7. The maximum absolute atomic E-state index is 12.7. The molecule has 0 bridgehead atoms. The van der Waals surface area contributed by atoms with Gasteiger partial charge in [-0.25, -0.2) is 4.98 Å². The minimum atomic E-state index is 0.00953. The van der Waals surface area contributed by atoms with Crippen LogP contribution in [0.2, 0.25) is 5.15 Å². The van der Waals surface area contributed by atoms with Crippen LogP contribution in [-0.2, 0) is 4.79 Å². The van der Waals surface area contributed by atoms with E-state index in [1.165, 1.54) is 22.3 Å². The van der Waals surface area contributed by atoms with Gasteiger partial charge in [0.15, 0.2) is 10.1 Å². The molecule has 1 aliphatic rings. The Balaban J connectivity index is 1.27. The van der Waals surface area contributed by atoms with Gasteiger partial charge >= 0.3 is 0 Å². The number of piperidine rings is 1. The third kappa shape index (κ3) is 3.38. The lowest BCUT2D eigenvalue weighted by atomic mass is 9.89. The zero-order valence-corrected chi connectivity index (χ0v) is 18.0. The van der Waals surface area contributed by atoms with Gasteiger partial charge in [-0.15, -0.1) is 11.3 Å². The molecule has 1 aliphatic heterocycles. The van der Waals surface area contributed by atoms with Crippen molar-refractivity contribution in [2.24, 2.45) is 0 Å². The fourth-order valence-electron chi connectivity index (χ4n) is 4.18. The molecule has 1 fully saturated rings. The van der Waals surface area contributed by atoms with E-state index in [0.717, 1.165) is 47.9 Å². The van der Waals surface area contributed by atoms with E-state index >= 15 is 0 Å². The van der Waals surface area contributed by atoms with E-state index in [4.69, 9.17) is 16.3 Å². The molecule has 0 saturated carbocycles. The molecular weight excluding hydrogens is 420 g/mol. The SMILES string of the molecule is COc1ccc2[nH]cc(C3CCN(C(=O)/C=C/c4c(Cl)nc5sccn45)CC3)c2c1. The molecule has 154 valence electrons. The second-order valence-corrected chi connectivity index (χ2v) is 8.66. The maximum atomic E-state index is 12.7. The summed E-state index contributed by atoms with van der Waals surface area (Å²) >= 11 is 7.72. The van der Waals surface area contributed by atoms with Crippen LogP contribution in [0.3, 0.4) is 0 Å². The molecule has 8 heteroatoms. The molecule has 4 heterocycles. The van der Waals surface area contributed by atoms with Crippen molar-refractivity contribution < 1.29 is 9.53 Å². The van der Waals surface area contributed by atoms with E-state index in [-0.39, 0.29) is 5.91 Å². The Morgan fingerprint density at radius 2 is 2.20 bits per heavy atom. The average Bonchev–Trinajstić information content (AvgIpc) is 3.46. The molecule has 0 radical (unpaired) electrons. The highest BCUT2D eigenvalue weighted by Crippen LogP contribution is 2.34. The number of thiazole rings is 1. The van der Waals surface area contributed by atoms with Gasteiger partial charge in [0.25, 0.3) is 0 Å². The number of H-pyrrole nitrogens is 1. The number of fused-ring (bicyclic) bond motifs is 2. The molecule has 1 aromatic carbocycles. The Labute approximate surface area is 182 Å². The highest BCUT2D eigenvalue weighted by molar-refractivity contribution is 7.15. The number of hydrogen-bond donors (Lipinski definition) is 1. The van der Waals surface area contributed by atoms with Crippen LogP contribution in [0.5, 0.6) is 5.75 Å². The van der Waals surface area contributed by atoms with Crippen LogP contribution in [0, 0.1) is 0 Å². The quantitative estimate of drug-likeness (QED) is 0.456. The van der Waals surface area contributed by atoms with Crippen LogP contribution in [0.25, 0.3) is 21.9 Å². The monoisotopic (exact) mass is 440 g/mol. The van der Waals surface area contributed by atoms with Crippen LogP contribution in [0.1, 0.15) is 30.0 Å². The molecule has 1 amide bonds. The molecule has 0 unspecified atom stereocenters. The minimum Gasteiger partial charge on any atom is -0.497 e. The van der Waals surface area contributed by atoms with Gasteiger partial charge in [0.2, 0.25) is 5.91 Å². The Morgan fingerprint density at radius 1 is 1.37 bits per heavy atom. The Kier molecular flexibility index (Phi) is 5.00. The second kappa shape index (κ2) is 7.81. The number of hydrogen-bond acceptors (Lipinski definition) is 4. The van der Waals surface area contributed by atoms with Crippen molar-refractivity contribution in [2.75, 3.05) is 20.2 Å². The normalized spacial score (nSPS) is 15.6. The molecular formula is C22H21ClN4O2S. The fourth-order valence-corrected chi connectivity index (χ4v) is 5.18. The molecule has 1 saturated heterocycles. The number of carbonyl (C=O) groups is 1. The lowest BCUT2D eigenvalue weighted by molar-refractivity contribution is -0.126. The van der Waals surface area contributed by atoms with Crippen molar-refractivity contribution >= 4 is 50.8 Å². The van der Waals surface area contributed by atoms with Crippen LogP contribution in [0.15, 0.2) is 42.0 Å². The number of aromatic amines is 1. The first kappa shape index (κ1) is 19.2. The van der Waals surface area contributed by atoms with Crippen molar-refractivity contribution in [3.8, 4) is 5.75 Å². The summed E-state index contributed by atoms with van der Waals surface area (Å²) in [5.41, 5.74) is 3.16. The number of nitrogens with one attached hydrogen (secondary N) is 1. The number of amides is 1. The standard InChI is InChI=1S/C22H21ClN4O2S/c1-29-15-2-3-18-16(12-15)17(13-24-18)14-6-8-26(9-7-14)20(28)5-4-19-21(23)25-22-27(19)10-11-30-22/h2-5,10-14,24H,6-9H2,1H3/b5-4+. The fraction of sp³-hybridized carbons (Fsp3) is 0.273. The van der Waals surface area contributed by atoms with E-state index < -0.39 is 0 Å². The number of likely N-dealkylation sites (tertiary alicyclic amines) is 1. The predicted octanol–water partition coefficient (Wildman–Crippen LogP) is 4.96. The van der Waals surface area contributed by atoms with Gasteiger partial charge in [-0.3, -0.25) is 9.20 Å². The van der Waals surface area contributed by atoms with Crippen LogP contribution < -0.4 is 4.74 Å². The molecule has 6 nitrogen and oxygen atoms in total. The summed E-state index contributed by atoms with van der Waals surface area (Å²) in [6.07, 6.45) is 9.24. The average molecular weight is 441 g/mol. The van der Waals surface area contributed by atoms with Gasteiger partial charge in [0, 0.05) is 47.8 Å². The van der Waals surface area contributed by atoms with E-state index in [1.807, 2.05) is 33.0 Å². The Hall–Kier alpha value is -2.77. The van der Waals surface area contributed by atoms with Gasteiger partial charge in [-0.05, 0) is 48.6 Å². The highest BCUT2D eigenvalue weighted by atomic mass is 35.5. The first-order valence-electron chi connectivity index (χ1n) is 9.87. The predicted molar refractivity (Wildman–Crippen MR) is 121 cm³/mol. The highest BCUT2D eigenvalue weighted by Gasteiger charge is 2.25. The van der Waals surface area contributed by atoms with Gasteiger partial charge in [0.1, 0.15) is 5.75 Å². The van der Waals surface area contributed by atoms with Crippen molar-refractivity contribution in [2.45, 2.75) is 18.8 Å².